The largest absolute Gasteiger partial charge is 0.490 e. The van der Waals surface area contributed by atoms with Gasteiger partial charge in [0, 0.05) is 47.3 Å². The summed E-state index contributed by atoms with van der Waals surface area (Å²) < 4.78 is 55.8. The van der Waals surface area contributed by atoms with Crippen LogP contribution < -0.4 is 14.2 Å². The van der Waals surface area contributed by atoms with Gasteiger partial charge in [-0.3, -0.25) is 0 Å². The molecule has 13 heteroatoms. The molecule has 1 aromatic carbocycles. The van der Waals surface area contributed by atoms with E-state index in [1.54, 1.807) is 25.6 Å². The second-order valence-corrected chi connectivity index (χ2v) is 14.4. The second-order valence-electron chi connectivity index (χ2n) is 12.3. The van der Waals surface area contributed by atoms with Crippen molar-refractivity contribution >= 4 is 28.0 Å². The molecule has 2 aromatic rings. The Morgan fingerprint density at radius 2 is 1.45 bits per heavy atom. The molecule has 1 N–H and O–H groups in total. The standard InChI is InChI=1S/C28H36O8S2.C10H17O3/c1-18-14-21(26-19(2)28(36-5-4-29)16-24(28)38-26)22(33-11-10-32-9-8-31-7-6-30-3)15-20(18)27-25-23(17-37-27)34-12-13-35-25;1-11-6-7-13-9-8-12-5-4-10-2-3-10/h14-15,17,24,29H,4-13,16H2,1-3H3;2-3H,4-9H2,1H3/t24?,28-;/m1./s1. The number of rotatable bonds is 24. The van der Waals surface area contributed by atoms with Gasteiger partial charge in [-0.05, 0) is 50.0 Å². The van der Waals surface area contributed by atoms with E-state index in [2.05, 4.69) is 38.5 Å². The molecule has 2 aliphatic heterocycles. The molecule has 1 unspecified atom stereocenters. The van der Waals surface area contributed by atoms with E-state index in [-0.39, 0.29) is 12.2 Å². The molecule has 2 atom stereocenters. The van der Waals surface area contributed by atoms with Gasteiger partial charge in [-0.25, -0.2) is 0 Å². The number of aliphatic hydroxyl groups is 1. The summed E-state index contributed by atoms with van der Waals surface area (Å²) in [5.74, 6) is 2.42. The molecular weight excluding hydrogens is 697 g/mol. The number of methoxy groups -OCH3 is 2. The monoisotopic (exact) mass is 749 g/mol. The third-order valence-electron chi connectivity index (χ3n) is 8.68. The molecule has 0 amide bonds. The van der Waals surface area contributed by atoms with Crippen LogP contribution in [-0.4, -0.2) is 129 Å². The quantitative estimate of drug-likeness (QED) is 0.132. The van der Waals surface area contributed by atoms with Crippen molar-refractivity contribution in [1.29, 1.82) is 0 Å². The number of allylic oxidation sites excluding steroid dienone is 1. The molecule has 3 heterocycles. The van der Waals surface area contributed by atoms with Crippen molar-refractivity contribution < 1.29 is 52.5 Å². The fourth-order valence-electron chi connectivity index (χ4n) is 5.76. The number of thioether (sulfide) groups is 1. The third-order valence-corrected chi connectivity index (χ3v) is 11.2. The maximum atomic E-state index is 9.32. The molecular formula is C38H53O11S2. The summed E-state index contributed by atoms with van der Waals surface area (Å²) in [7, 11) is 3.32. The van der Waals surface area contributed by atoms with Gasteiger partial charge < -0.3 is 52.5 Å². The van der Waals surface area contributed by atoms with Gasteiger partial charge in [0.25, 0.3) is 0 Å². The average Bonchev–Trinajstić information content (AvgIpc) is 4.04. The second kappa shape index (κ2) is 20.9. The van der Waals surface area contributed by atoms with Crippen LogP contribution in [0.1, 0.15) is 30.9 Å². The van der Waals surface area contributed by atoms with Crippen molar-refractivity contribution in [3.63, 3.8) is 0 Å². The van der Waals surface area contributed by atoms with Crippen LogP contribution in [0.15, 0.2) is 34.7 Å². The molecule has 1 fully saturated rings. The highest BCUT2D eigenvalue weighted by Gasteiger charge is 2.62. The van der Waals surface area contributed by atoms with Crippen molar-refractivity contribution in [2.24, 2.45) is 0 Å². The average molecular weight is 750 g/mol. The molecule has 0 saturated heterocycles. The van der Waals surface area contributed by atoms with Gasteiger partial charge in [-0.15, -0.1) is 23.1 Å². The van der Waals surface area contributed by atoms with E-state index in [1.807, 2.05) is 17.1 Å². The Morgan fingerprint density at radius 3 is 2.12 bits per heavy atom. The molecule has 4 aliphatic rings. The Balaban J connectivity index is 0.000000328. The minimum absolute atomic E-state index is 0.0261. The van der Waals surface area contributed by atoms with Crippen molar-refractivity contribution in [1.82, 2.24) is 0 Å². The first kappa shape index (κ1) is 40.0. The lowest BCUT2D eigenvalue weighted by Crippen LogP contribution is -2.19. The van der Waals surface area contributed by atoms with E-state index in [1.165, 1.54) is 16.1 Å². The maximum absolute atomic E-state index is 9.32. The van der Waals surface area contributed by atoms with Crippen molar-refractivity contribution in [2.75, 3.05) is 113 Å². The molecule has 2 aliphatic carbocycles. The highest BCUT2D eigenvalue weighted by molar-refractivity contribution is 8.09. The van der Waals surface area contributed by atoms with Gasteiger partial charge in [-0.2, -0.15) is 0 Å². The molecule has 1 saturated carbocycles. The lowest BCUT2D eigenvalue weighted by atomic mass is 9.98. The van der Waals surface area contributed by atoms with Gasteiger partial charge in [0.2, 0.25) is 0 Å². The minimum Gasteiger partial charge on any atom is -0.490 e. The summed E-state index contributed by atoms with van der Waals surface area (Å²) in [5, 5.41) is 11.7. The topological polar surface area (TPSA) is 113 Å². The van der Waals surface area contributed by atoms with Crippen LogP contribution in [0.2, 0.25) is 0 Å². The van der Waals surface area contributed by atoms with Crippen molar-refractivity contribution in [3.8, 4) is 27.7 Å². The molecule has 0 bridgehead atoms. The predicted molar refractivity (Wildman–Crippen MR) is 199 cm³/mol. The van der Waals surface area contributed by atoms with Gasteiger partial charge in [0.1, 0.15) is 31.2 Å². The van der Waals surface area contributed by atoms with E-state index in [9.17, 15) is 5.11 Å². The first-order valence-electron chi connectivity index (χ1n) is 17.6. The zero-order valence-corrected chi connectivity index (χ0v) is 32.0. The summed E-state index contributed by atoms with van der Waals surface area (Å²) in [6, 6.07) is 4.33. The van der Waals surface area contributed by atoms with E-state index < -0.39 is 0 Å². The van der Waals surface area contributed by atoms with Crippen molar-refractivity contribution in [2.45, 2.75) is 37.5 Å². The first-order chi connectivity index (χ1) is 25.0. The molecule has 1 radical (unpaired) electrons. The van der Waals surface area contributed by atoms with E-state index in [4.69, 9.17) is 47.4 Å². The van der Waals surface area contributed by atoms with E-state index in [0.29, 0.717) is 91.1 Å². The lowest BCUT2D eigenvalue weighted by Gasteiger charge is -2.20. The normalized spacial score (nSPS) is 19.8. The number of benzene rings is 1. The van der Waals surface area contributed by atoms with Crippen LogP contribution in [0.4, 0.5) is 0 Å². The Bertz CT molecular complexity index is 1440. The smallest absolute Gasteiger partial charge is 0.179 e. The predicted octanol–water partition coefficient (Wildman–Crippen LogP) is 5.75. The SMILES string of the molecule is COCCOCCOCCC1=C[CH]1.COCCOCCOCCOc1cc(-c2scc3c2OCCO3)c(C)cc1C1=C(C)[C@]2(OCCO)CC2S1. The summed E-state index contributed by atoms with van der Waals surface area (Å²) in [6.07, 6.45) is 6.24. The lowest BCUT2D eigenvalue weighted by molar-refractivity contribution is 0.0179. The zero-order valence-electron chi connectivity index (χ0n) is 30.3. The van der Waals surface area contributed by atoms with Crippen LogP contribution in [0, 0.1) is 13.3 Å². The number of aliphatic hydroxyl groups excluding tert-OH is 1. The van der Waals surface area contributed by atoms with E-state index in [0.717, 1.165) is 58.3 Å². The Morgan fingerprint density at radius 1 is 0.804 bits per heavy atom. The maximum Gasteiger partial charge on any atom is 0.179 e. The zero-order chi connectivity index (χ0) is 35.9. The van der Waals surface area contributed by atoms with Gasteiger partial charge in [0.15, 0.2) is 11.5 Å². The molecule has 11 nitrogen and oxygen atoms in total. The van der Waals surface area contributed by atoms with Gasteiger partial charge in [0.05, 0.1) is 84.2 Å². The van der Waals surface area contributed by atoms with Crippen LogP contribution in [0.5, 0.6) is 17.2 Å². The van der Waals surface area contributed by atoms with Crippen LogP contribution in [0.25, 0.3) is 15.3 Å². The fourth-order valence-corrected chi connectivity index (χ4v) is 8.46. The van der Waals surface area contributed by atoms with Gasteiger partial charge in [-0.1, -0.05) is 11.6 Å². The van der Waals surface area contributed by atoms with Gasteiger partial charge >= 0.3 is 0 Å². The molecule has 0 spiro atoms. The van der Waals surface area contributed by atoms with Crippen LogP contribution in [-0.2, 0) is 33.2 Å². The van der Waals surface area contributed by atoms with Crippen molar-refractivity contribution in [3.05, 3.63) is 52.3 Å². The van der Waals surface area contributed by atoms with Crippen LogP contribution >= 0.6 is 23.1 Å². The highest BCUT2D eigenvalue weighted by Crippen LogP contribution is 2.66. The Kier molecular flexibility index (Phi) is 16.4. The fraction of sp³-hybridized carbons (Fsp3) is 0.605. The summed E-state index contributed by atoms with van der Waals surface area (Å²) in [4.78, 5) is 2.25. The molecule has 6 rings (SSSR count). The Hall–Kier alpha value is -2.17. The highest BCUT2D eigenvalue weighted by atomic mass is 32.2. The number of hydrogen-bond acceptors (Lipinski definition) is 13. The summed E-state index contributed by atoms with van der Waals surface area (Å²) in [5.41, 5.74) is 5.63. The minimum atomic E-state index is -0.267. The molecule has 283 valence electrons. The third kappa shape index (κ3) is 11.4. The summed E-state index contributed by atoms with van der Waals surface area (Å²) in [6.45, 7) is 12.2. The number of fused-ring (bicyclic) bond motifs is 2. The summed E-state index contributed by atoms with van der Waals surface area (Å²) >= 11 is 3.47. The van der Waals surface area contributed by atoms with Crippen LogP contribution in [0.3, 0.4) is 0 Å². The Labute approximate surface area is 310 Å². The molecule has 1 aromatic heterocycles. The molecule has 51 heavy (non-hydrogen) atoms. The number of aryl methyl sites for hydroxylation is 1. The number of thiophene rings is 1. The number of hydrogen-bond donors (Lipinski definition) is 1. The first-order valence-corrected chi connectivity index (χ1v) is 19.4. The van der Waals surface area contributed by atoms with E-state index >= 15 is 0 Å². The number of ether oxygens (including phenoxy) is 10.